The Labute approximate surface area is 202 Å². The molecule has 8 heteroatoms. The van der Waals surface area contributed by atoms with E-state index in [0.29, 0.717) is 39.3 Å². The van der Waals surface area contributed by atoms with Crippen molar-refractivity contribution < 1.29 is 14.6 Å². The van der Waals surface area contributed by atoms with Crippen molar-refractivity contribution >= 4 is 45.8 Å². The van der Waals surface area contributed by atoms with Gasteiger partial charge in [-0.3, -0.25) is 0 Å². The van der Waals surface area contributed by atoms with E-state index in [9.17, 15) is 10.4 Å². The predicted molar refractivity (Wildman–Crippen MR) is 127 cm³/mol. The highest BCUT2D eigenvalue weighted by molar-refractivity contribution is 14.1. The normalized spacial score (nSPS) is 15.1. The summed E-state index contributed by atoms with van der Waals surface area (Å²) in [5.74, 6) is 0.180. The number of phenolic OH excluding ortho intramolecular Hbond substituents is 1. The molecular weight excluding hydrogens is 550 g/mol. The molecule has 0 aliphatic carbocycles. The highest BCUT2D eigenvalue weighted by Crippen LogP contribution is 2.46. The Morgan fingerprint density at radius 1 is 1.10 bits per heavy atom. The molecule has 31 heavy (non-hydrogen) atoms. The Morgan fingerprint density at radius 3 is 2.42 bits per heavy atom. The molecule has 0 radical (unpaired) electrons. The van der Waals surface area contributed by atoms with E-state index >= 15 is 0 Å². The van der Waals surface area contributed by atoms with Gasteiger partial charge < -0.3 is 20.3 Å². The van der Waals surface area contributed by atoms with Gasteiger partial charge in [0.2, 0.25) is 5.88 Å². The minimum atomic E-state index is -0.547. The van der Waals surface area contributed by atoms with Gasteiger partial charge in [-0.15, -0.1) is 0 Å². The van der Waals surface area contributed by atoms with E-state index < -0.39 is 5.92 Å². The van der Waals surface area contributed by atoms with Crippen LogP contribution in [0.3, 0.4) is 0 Å². The SMILES string of the molecule is N#CC1=C(N)Oc2cc(O)ccc2[C@H]1c1cc(Cl)c(OCc2ccc(I)cc2)c(Cl)c1. The fourth-order valence-corrected chi connectivity index (χ4v) is 4.38. The van der Waals surface area contributed by atoms with E-state index in [1.165, 1.54) is 12.1 Å². The van der Waals surface area contributed by atoms with Gasteiger partial charge in [0.1, 0.15) is 29.7 Å². The van der Waals surface area contributed by atoms with Gasteiger partial charge >= 0.3 is 0 Å². The molecule has 0 amide bonds. The molecule has 3 aromatic rings. The van der Waals surface area contributed by atoms with Crippen LogP contribution in [0.1, 0.15) is 22.6 Å². The van der Waals surface area contributed by atoms with Gasteiger partial charge in [0, 0.05) is 15.2 Å². The number of nitriles is 1. The van der Waals surface area contributed by atoms with Crippen LogP contribution < -0.4 is 15.2 Å². The van der Waals surface area contributed by atoms with Crippen molar-refractivity contribution in [3.63, 3.8) is 0 Å². The first-order chi connectivity index (χ1) is 14.9. The van der Waals surface area contributed by atoms with E-state index in [4.69, 9.17) is 38.4 Å². The lowest BCUT2D eigenvalue weighted by Gasteiger charge is -2.27. The second kappa shape index (κ2) is 8.87. The number of hydrogen-bond donors (Lipinski definition) is 2. The lowest BCUT2D eigenvalue weighted by atomic mass is 9.83. The largest absolute Gasteiger partial charge is 0.508 e. The van der Waals surface area contributed by atoms with Crippen LogP contribution in [0, 0.1) is 14.9 Å². The maximum atomic E-state index is 9.79. The Morgan fingerprint density at radius 2 is 1.77 bits per heavy atom. The molecule has 0 saturated carbocycles. The van der Waals surface area contributed by atoms with Gasteiger partial charge in [-0.05, 0) is 64.0 Å². The van der Waals surface area contributed by atoms with E-state index in [1.807, 2.05) is 24.3 Å². The Bertz CT molecular complexity index is 1210. The lowest BCUT2D eigenvalue weighted by molar-refractivity contribution is 0.306. The quantitative estimate of drug-likeness (QED) is 0.374. The van der Waals surface area contributed by atoms with Crippen molar-refractivity contribution in [2.24, 2.45) is 5.73 Å². The Balaban J connectivity index is 1.70. The number of rotatable bonds is 4. The standard InChI is InChI=1S/C23H15Cl2IN2O3/c24-18-7-13(8-19(25)22(18)30-11-12-1-3-14(26)4-2-12)21-16-6-5-15(29)9-20(16)31-23(28)17(21)10-27/h1-9,21,29H,11,28H2/t21-/m1/s1. The average molecular weight is 565 g/mol. The van der Waals surface area contributed by atoms with Crippen LogP contribution in [0.5, 0.6) is 17.2 Å². The minimum absolute atomic E-state index is 0.0288. The zero-order valence-corrected chi connectivity index (χ0v) is 19.6. The zero-order chi connectivity index (χ0) is 22.1. The maximum Gasteiger partial charge on any atom is 0.205 e. The van der Waals surface area contributed by atoms with Gasteiger partial charge in [0.05, 0.1) is 16.0 Å². The smallest absolute Gasteiger partial charge is 0.205 e. The fraction of sp³-hybridized carbons (Fsp3) is 0.0870. The third kappa shape index (κ3) is 4.40. The van der Waals surface area contributed by atoms with Crippen molar-refractivity contribution in [2.45, 2.75) is 12.5 Å². The number of phenols is 1. The Hall–Kier alpha value is -2.60. The highest BCUT2D eigenvalue weighted by Gasteiger charge is 2.31. The van der Waals surface area contributed by atoms with Gasteiger partial charge in [0.15, 0.2) is 5.75 Å². The maximum absolute atomic E-state index is 9.79. The van der Waals surface area contributed by atoms with Gasteiger partial charge in [-0.1, -0.05) is 41.4 Å². The molecule has 1 heterocycles. The number of aromatic hydroxyl groups is 1. The molecular formula is C23H15Cl2IN2O3. The summed E-state index contributed by atoms with van der Waals surface area (Å²) in [7, 11) is 0. The van der Waals surface area contributed by atoms with Crippen molar-refractivity contribution in [1.82, 2.24) is 0 Å². The van der Waals surface area contributed by atoms with E-state index in [1.54, 1.807) is 18.2 Å². The minimum Gasteiger partial charge on any atom is -0.508 e. The molecule has 4 rings (SSSR count). The number of hydrogen-bond acceptors (Lipinski definition) is 5. The molecule has 0 saturated heterocycles. The number of fused-ring (bicyclic) bond motifs is 1. The van der Waals surface area contributed by atoms with Crippen molar-refractivity contribution in [3.05, 3.63) is 96.4 Å². The lowest BCUT2D eigenvalue weighted by Crippen LogP contribution is -2.21. The molecule has 0 aromatic heterocycles. The van der Waals surface area contributed by atoms with Crippen molar-refractivity contribution in [2.75, 3.05) is 0 Å². The summed E-state index contributed by atoms with van der Waals surface area (Å²) in [6.07, 6.45) is 0. The molecule has 0 unspecified atom stereocenters. The molecule has 3 N–H and O–H groups in total. The monoisotopic (exact) mass is 564 g/mol. The average Bonchev–Trinajstić information content (AvgIpc) is 2.73. The molecule has 0 bridgehead atoms. The molecule has 3 aromatic carbocycles. The highest BCUT2D eigenvalue weighted by atomic mass is 127. The first-order valence-electron chi connectivity index (χ1n) is 9.14. The number of ether oxygens (including phenoxy) is 2. The van der Waals surface area contributed by atoms with Gasteiger partial charge in [0.25, 0.3) is 0 Å². The van der Waals surface area contributed by atoms with Crippen LogP contribution in [-0.2, 0) is 6.61 Å². The number of benzene rings is 3. The van der Waals surface area contributed by atoms with Crippen LogP contribution in [0.2, 0.25) is 10.0 Å². The molecule has 0 fully saturated rings. The van der Waals surface area contributed by atoms with Gasteiger partial charge in [-0.25, -0.2) is 0 Å². The molecule has 1 aliphatic heterocycles. The van der Waals surface area contributed by atoms with Crippen LogP contribution >= 0.6 is 45.8 Å². The van der Waals surface area contributed by atoms with Gasteiger partial charge in [-0.2, -0.15) is 5.26 Å². The summed E-state index contributed by atoms with van der Waals surface area (Å²) in [5.41, 5.74) is 8.52. The topological polar surface area (TPSA) is 88.5 Å². The number of halogens is 3. The summed E-state index contributed by atoms with van der Waals surface area (Å²) < 4.78 is 12.5. The van der Waals surface area contributed by atoms with Crippen molar-refractivity contribution in [1.29, 1.82) is 5.26 Å². The van der Waals surface area contributed by atoms with E-state index in [-0.39, 0.29) is 17.2 Å². The Kier molecular flexibility index (Phi) is 6.19. The second-order valence-electron chi connectivity index (χ2n) is 6.88. The first-order valence-corrected chi connectivity index (χ1v) is 11.0. The summed E-state index contributed by atoms with van der Waals surface area (Å²) in [6.45, 7) is 0.311. The first kappa shape index (κ1) is 21.6. The predicted octanol–water partition coefficient (Wildman–Crippen LogP) is 6.10. The second-order valence-corrected chi connectivity index (χ2v) is 8.94. The molecule has 0 spiro atoms. The third-order valence-electron chi connectivity index (χ3n) is 4.85. The van der Waals surface area contributed by atoms with Crippen LogP contribution in [0.25, 0.3) is 0 Å². The third-order valence-corrected chi connectivity index (χ3v) is 6.13. The summed E-state index contributed by atoms with van der Waals surface area (Å²) >= 11 is 15.3. The molecule has 156 valence electrons. The number of nitrogens with two attached hydrogens (primary N) is 1. The van der Waals surface area contributed by atoms with Crippen LogP contribution in [0.15, 0.2) is 66.1 Å². The molecule has 1 aliphatic rings. The van der Waals surface area contributed by atoms with E-state index in [2.05, 4.69) is 28.7 Å². The molecule has 1 atom stereocenters. The molecule has 5 nitrogen and oxygen atoms in total. The summed E-state index contributed by atoms with van der Waals surface area (Å²) in [5, 5.41) is 20.1. The van der Waals surface area contributed by atoms with Crippen molar-refractivity contribution in [3.8, 4) is 23.3 Å². The fourth-order valence-electron chi connectivity index (χ4n) is 3.41. The number of nitrogens with zero attached hydrogens (tertiary/aromatic N) is 1. The number of allylic oxidation sites excluding steroid dienone is 1. The summed E-state index contributed by atoms with van der Waals surface area (Å²) in [4.78, 5) is 0. The zero-order valence-electron chi connectivity index (χ0n) is 15.9. The van der Waals surface area contributed by atoms with Crippen LogP contribution in [-0.4, -0.2) is 5.11 Å². The summed E-state index contributed by atoms with van der Waals surface area (Å²) in [6, 6.07) is 18.1. The van der Waals surface area contributed by atoms with E-state index in [0.717, 1.165) is 9.13 Å². The van der Waals surface area contributed by atoms with Crippen LogP contribution in [0.4, 0.5) is 0 Å².